The van der Waals surface area contributed by atoms with Crippen molar-refractivity contribution in [3.8, 4) is 0 Å². The van der Waals surface area contributed by atoms with E-state index in [2.05, 4.69) is 39.8 Å². The highest BCUT2D eigenvalue weighted by Gasteiger charge is 2.14. The zero-order chi connectivity index (χ0) is 17.6. The largest absolute Gasteiger partial charge is 0.374 e. The number of piperidine rings is 1. The topological polar surface area (TPSA) is 44.4 Å². The van der Waals surface area contributed by atoms with Gasteiger partial charge in [0.15, 0.2) is 0 Å². The van der Waals surface area contributed by atoms with Crippen molar-refractivity contribution < 1.29 is 4.79 Å². The minimum atomic E-state index is -0.304. The summed E-state index contributed by atoms with van der Waals surface area (Å²) in [6, 6.07) is 15.9. The fraction of sp³-hybridized carbons (Fsp3) is 0.381. The Kier molecular flexibility index (Phi) is 5.59. The number of nitrogens with one attached hydrogen (secondary N) is 2. The lowest BCUT2D eigenvalue weighted by molar-refractivity contribution is -0.116. The molecule has 2 N–H and O–H groups in total. The van der Waals surface area contributed by atoms with Crippen LogP contribution in [0.15, 0.2) is 48.5 Å². The molecule has 132 valence electrons. The standard InChI is InChI=1S/C21H27N3O/c1-16-7-6-8-19(15-16)23-21(25)17(2)22-18-9-11-20(12-10-18)24-13-4-3-5-14-24/h6-12,15,17,22H,3-5,13-14H2,1-2H3,(H,23,25)/t17-/m0/s1. The average Bonchev–Trinajstić information content (AvgIpc) is 2.63. The maximum absolute atomic E-state index is 12.4. The molecule has 2 aromatic carbocycles. The van der Waals surface area contributed by atoms with Gasteiger partial charge < -0.3 is 15.5 Å². The quantitative estimate of drug-likeness (QED) is 0.848. The maximum atomic E-state index is 12.4. The van der Waals surface area contributed by atoms with Gasteiger partial charge in [-0.05, 0) is 75.1 Å². The van der Waals surface area contributed by atoms with Gasteiger partial charge in [-0.2, -0.15) is 0 Å². The molecule has 1 fully saturated rings. The number of carbonyl (C=O) groups is 1. The molecule has 0 aliphatic carbocycles. The van der Waals surface area contributed by atoms with Gasteiger partial charge >= 0.3 is 0 Å². The van der Waals surface area contributed by atoms with Crippen LogP contribution < -0.4 is 15.5 Å². The van der Waals surface area contributed by atoms with Crippen molar-refractivity contribution in [1.29, 1.82) is 0 Å². The molecule has 0 bridgehead atoms. The van der Waals surface area contributed by atoms with Crippen molar-refractivity contribution in [2.75, 3.05) is 28.6 Å². The van der Waals surface area contributed by atoms with Crippen LogP contribution in [-0.2, 0) is 4.79 Å². The van der Waals surface area contributed by atoms with E-state index in [1.165, 1.54) is 24.9 Å². The number of benzene rings is 2. The Balaban J connectivity index is 1.56. The summed E-state index contributed by atoms with van der Waals surface area (Å²) in [4.78, 5) is 14.8. The second-order valence-electron chi connectivity index (χ2n) is 6.82. The summed E-state index contributed by atoms with van der Waals surface area (Å²) in [5.74, 6) is -0.0364. The number of aryl methyl sites for hydroxylation is 1. The van der Waals surface area contributed by atoms with E-state index in [1.807, 2.05) is 38.1 Å². The smallest absolute Gasteiger partial charge is 0.246 e. The Bertz CT molecular complexity index is 705. The molecule has 4 heteroatoms. The SMILES string of the molecule is Cc1cccc(NC(=O)[C@H](C)Nc2ccc(N3CCCCC3)cc2)c1. The van der Waals surface area contributed by atoms with Gasteiger partial charge in [-0.25, -0.2) is 0 Å². The Labute approximate surface area is 150 Å². The number of hydrogen-bond donors (Lipinski definition) is 2. The average molecular weight is 337 g/mol. The summed E-state index contributed by atoms with van der Waals surface area (Å²) in [6.07, 6.45) is 3.88. The van der Waals surface area contributed by atoms with Gasteiger partial charge in [-0.1, -0.05) is 12.1 Å². The Morgan fingerprint density at radius 1 is 1.00 bits per heavy atom. The lowest BCUT2D eigenvalue weighted by Gasteiger charge is -2.29. The van der Waals surface area contributed by atoms with Gasteiger partial charge in [-0.3, -0.25) is 4.79 Å². The van der Waals surface area contributed by atoms with Crippen molar-refractivity contribution in [3.05, 3.63) is 54.1 Å². The van der Waals surface area contributed by atoms with Crippen molar-refractivity contribution >= 4 is 23.0 Å². The molecule has 1 heterocycles. The molecule has 1 saturated heterocycles. The van der Waals surface area contributed by atoms with Gasteiger partial charge in [0, 0.05) is 30.2 Å². The van der Waals surface area contributed by atoms with Crippen molar-refractivity contribution in [3.63, 3.8) is 0 Å². The fourth-order valence-electron chi connectivity index (χ4n) is 3.21. The number of carbonyl (C=O) groups excluding carboxylic acids is 1. The van der Waals surface area contributed by atoms with E-state index < -0.39 is 0 Å². The highest BCUT2D eigenvalue weighted by atomic mass is 16.2. The second kappa shape index (κ2) is 8.06. The molecule has 1 aliphatic rings. The van der Waals surface area contributed by atoms with Crippen LogP contribution in [0.25, 0.3) is 0 Å². The van der Waals surface area contributed by atoms with Crippen LogP contribution in [0.3, 0.4) is 0 Å². The molecule has 0 saturated carbocycles. The zero-order valence-corrected chi connectivity index (χ0v) is 15.1. The number of amides is 1. The summed E-state index contributed by atoms with van der Waals surface area (Å²) in [5, 5.41) is 6.23. The molecule has 4 nitrogen and oxygen atoms in total. The van der Waals surface area contributed by atoms with E-state index >= 15 is 0 Å². The summed E-state index contributed by atoms with van der Waals surface area (Å²) >= 11 is 0. The van der Waals surface area contributed by atoms with E-state index in [1.54, 1.807) is 0 Å². The summed E-state index contributed by atoms with van der Waals surface area (Å²) in [6.45, 7) is 6.18. The number of anilines is 3. The Hall–Kier alpha value is -2.49. The zero-order valence-electron chi connectivity index (χ0n) is 15.1. The monoisotopic (exact) mass is 337 g/mol. The highest BCUT2D eigenvalue weighted by Crippen LogP contribution is 2.22. The van der Waals surface area contributed by atoms with Crippen LogP contribution in [0, 0.1) is 6.92 Å². The van der Waals surface area contributed by atoms with Crippen molar-refractivity contribution in [2.45, 2.75) is 39.2 Å². The third-order valence-corrected chi connectivity index (χ3v) is 4.65. The minimum Gasteiger partial charge on any atom is -0.374 e. The first-order chi connectivity index (χ1) is 12.1. The van der Waals surface area contributed by atoms with Crippen LogP contribution >= 0.6 is 0 Å². The highest BCUT2D eigenvalue weighted by molar-refractivity contribution is 5.96. The van der Waals surface area contributed by atoms with E-state index in [0.717, 1.165) is 30.0 Å². The molecule has 0 unspecified atom stereocenters. The van der Waals surface area contributed by atoms with Crippen molar-refractivity contribution in [1.82, 2.24) is 0 Å². The predicted octanol–water partition coefficient (Wildman–Crippen LogP) is 4.42. The summed E-state index contributed by atoms with van der Waals surface area (Å²) in [5.41, 5.74) is 4.19. The fourth-order valence-corrected chi connectivity index (χ4v) is 3.21. The van der Waals surface area contributed by atoms with Gasteiger partial charge in [-0.15, -0.1) is 0 Å². The van der Waals surface area contributed by atoms with Crippen LogP contribution in [0.2, 0.25) is 0 Å². The summed E-state index contributed by atoms with van der Waals surface area (Å²) < 4.78 is 0. The van der Waals surface area contributed by atoms with E-state index in [4.69, 9.17) is 0 Å². The van der Waals surface area contributed by atoms with Crippen LogP contribution in [0.4, 0.5) is 17.1 Å². The van der Waals surface area contributed by atoms with E-state index in [9.17, 15) is 4.79 Å². The van der Waals surface area contributed by atoms with Gasteiger partial charge in [0.1, 0.15) is 6.04 Å². The third-order valence-electron chi connectivity index (χ3n) is 4.65. The minimum absolute atomic E-state index is 0.0364. The molecule has 2 aromatic rings. The normalized spacial score (nSPS) is 15.5. The lowest BCUT2D eigenvalue weighted by atomic mass is 10.1. The molecular weight excluding hydrogens is 310 g/mol. The Morgan fingerprint density at radius 3 is 2.40 bits per heavy atom. The van der Waals surface area contributed by atoms with Gasteiger partial charge in [0.25, 0.3) is 0 Å². The molecule has 3 rings (SSSR count). The molecule has 1 atom stereocenters. The molecule has 1 aliphatic heterocycles. The predicted molar refractivity (Wildman–Crippen MR) is 105 cm³/mol. The first kappa shape index (κ1) is 17.3. The first-order valence-electron chi connectivity index (χ1n) is 9.11. The first-order valence-corrected chi connectivity index (χ1v) is 9.11. The van der Waals surface area contributed by atoms with Crippen LogP contribution in [0.5, 0.6) is 0 Å². The summed E-state index contributed by atoms with van der Waals surface area (Å²) in [7, 11) is 0. The van der Waals surface area contributed by atoms with E-state index in [-0.39, 0.29) is 11.9 Å². The van der Waals surface area contributed by atoms with Crippen LogP contribution in [0.1, 0.15) is 31.7 Å². The van der Waals surface area contributed by atoms with Gasteiger partial charge in [0.05, 0.1) is 0 Å². The van der Waals surface area contributed by atoms with Gasteiger partial charge in [0.2, 0.25) is 5.91 Å². The Morgan fingerprint density at radius 2 is 1.72 bits per heavy atom. The molecule has 0 radical (unpaired) electrons. The third kappa shape index (κ3) is 4.75. The molecule has 1 amide bonds. The van der Waals surface area contributed by atoms with E-state index in [0.29, 0.717) is 0 Å². The number of rotatable bonds is 5. The van der Waals surface area contributed by atoms with Crippen LogP contribution in [-0.4, -0.2) is 25.0 Å². The maximum Gasteiger partial charge on any atom is 0.246 e. The van der Waals surface area contributed by atoms with Crippen molar-refractivity contribution in [2.24, 2.45) is 0 Å². The molecule has 0 aromatic heterocycles. The lowest BCUT2D eigenvalue weighted by Crippen LogP contribution is -2.32. The molecule has 0 spiro atoms. The molecule has 25 heavy (non-hydrogen) atoms. The number of nitrogens with zero attached hydrogens (tertiary/aromatic N) is 1. The molecular formula is C21H27N3O. The second-order valence-corrected chi connectivity index (χ2v) is 6.82. The number of hydrogen-bond acceptors (Lipinski definition) is 3.